The number of piperidine rings is 1. The van der Waals surface area contributed by atoms with Gasteiger partial charge in [-0.1, -0.05) is 6.07 Å². The number of hydrogen-bond donors (Lipinski definition) is 1. The van der Waals surface area contributed by atoms with Gasteiger partial charge in [0.2, 0.25) is 5.91 Å². The van der Waals surface area contributed by atoms with E-state index in [1.54, 1.807) is 4.90 Å². The number of rotatable bonds is 5. The molecule has 35 heavy (non-hydrogen) atoms. The maximum Gasteiger partial charge on any atom is 0.505 e. The number of nitrogens with zero attached hydrogens (tertiary/aromatic N) is 2. The molecule has 1 aromatic rings. The van der Waals surface area contributed by atoms with Crippen molar-refractivity contribution < 1.29 is 23.6 Å². The molecule has 2 aliphatic heterocycles. The first-order valence-corrected chi connectivity index (χ1v) is 13.2. The zero-order chi connectivity index (χ0) is 25.8. The van der Waals surface area contributed by atoms with Crippen LogP contribution in [-0.2, 0) is 25.3 Å². The van der Waals surface area contributed by atoms with E-state index in [1.807, 2.05) is 60.6 Å². The van der Waals surface area contributed by atoms with Crippen LogP contribution in [0.1, 0.15) is 72.6 Å². The van der Waals surface area contributed by atoms with E-state index >= 15 is 0 Å². The highest BCUT2D eigenvalue weighted by atomic mass is 32.1. The number of amides is 2. The molecule has 1 aromatic heterocycles. The Balaban J connectivity index is 1.41. The van der Waals surface area contributed by atoms with Crippen molar-refractivity contribution in [3.63, 3.8) is 0 Å². The van der Waals surface area contributed by atoms with Gasteiger partial charge >= 0.3 is 13.2 Å². The summed E-state index contributed by atoms with van der Waals surface area (Å²) in [5.41, 5.74) is -1.49. The average molecular weight is 501 g/mol. The fourth-order valence-corrected chi connectivity index (χ4v) is 6.10. The largest absolute Gasteiger partial charge is 0.505 e. The van der Waals surface area contributed by atoms with Crippen molar-refractivity contribution >= 4 is 35.2 Å². The maximum atomic E-state index is 13.3. The molecule has 190 valence electrons. The quantitative estimate of drug-likeness (QED) is 0.621. The van der Waals surface area contributed by atoms with E-state index in [4.69, 9.17) is 14.0 Å². The Morgan fingerprint density at radius 3 is 2.51 bits per heavy atom. The third-order valence-electron chi connectivity index (χ3n) is 7.50. The van der Waals surface area contributed by atoms with Crippen molar-refractivity contribution in [2.75, 3.05) is 0 Å². The zero-order valence-electron chi connectivity index (χ0n) is 21.7. The lowest BCUT2D eigenvalue weighted by Crippen LogP contribution is -2.55. The Morgan fingerprint density at radius 1 is 1.26 bits per heavy atom. The van der Waals surface area contributed by atoms with Crippen molar-refractivity contribution in [3.05, 3.63) is 17.0 Å². The summed E-state index contributed by atoms with van der Waals surface area (Å²) >= 11 is 1.52. The molecule has 4 atom stereocenters. The van der Waals surface area contributed by atoms with Gasteiger partial charge in [-0.05, 0) is 79.7 Å². The molecular weight excluding hydrogens is 465 g/mol. The molecule has 1 N–H and O–H groups in total. The van der Waals surface area contributed by atoms with E-state index < -0.39 is 42.1 Å². The molecule has 4 rings (SSSR count). The van der Waals surface area contributed by atoms with Crippen molar-refractivity contribution in [2.24, 2.45) is 5.92 Å². The molecule has 8 nitrogen and oxygen atoms in total. The Bertz CT molecular complexity index is 1010. The molecule has 0 aromatic carbocycles. The van der Waals surface area contributed by atoms with Gasteiger partial charge in [-0.3, -0.25) is 9.69 Å². The number of fused-ring (bicyclic) bond motifs is 2. The number of likely N-dealkylation sites (tertiary alicyclic amines) is 1. The van der Waals surface area contributed by atoms with Crippen LogP contribution < -0.4 is 10.1 Å². The van der Waals surface area contributed by atoms with Gasteiger partial charge in [0.25, 0.3) is 0 Å². The van der Waals surface area contributed by atoms with Gasteiger partial charge in [-0.15, -0.1) is 11.3 Å². The average Bonchev–Trinajstić information content (AvgIpc) is 3.49. The number of ether oxygens (including phenoxy) is 1. The van der Waals surface area contributed by atoms with Crippen LogP contribution in [0.15, 0.2) is 12.1 Å². The SMILES string of the molecule is CC(C)(C)OC(=O)N1C2CCC(C2)C1C(=O)NC(C#N)Cc1ccc(B2OC(C)(C)C(C)(C)O2)s1. The topological polar surface area (TPSA) is 101 Å². The first-order chi connectivity index (χ1) is 16.2. The number of carbonyl (C=O) groups excluding carboxylic acids is 2. The van der Waals surface area contributed by atoms with Crippen molar-refractivity contribution in [3.8, 4) is 6.07 Å². The van der Waals surface area contributed by atoms with E-state index in [9.17, 15) is 14.9 Å². The van der Waals surface area contributed by atoms with E-state index in [0.29, 0.717) is 6.42 Å². The Hall–Kier alpha value is -2.09. The van der Waals surface area contributed by atoms with Gasteiger partial charge in [-0.2, -0.15) is 5.26 Å². The minimum Gasteiger partial charge on any atom is -0.444 e. The van der Waals surface area contributed by atoms with Crippen molar-refractivity contribution in [1.82, 2.24) is 10.2 Å². The summed E-state index contributed by atoms with van der Waals surface area (Å²) < 4.78 is 18.8. The fourth-order valence-electron chi connectivity index (χ4n) is 5.08. The van der Waals surface area contributed by atoms with Gasteiger partial charge in [0, 0.05) is 22.1 Å². The predicted molar refractivity (Wildman–Crippen MR) is 134 cm³/mol. The van der Waals surface area contributed by atoms with Gasteiger partial charge in [0.1, 0.15) is 17.7 Å². The Labute approximate surface area is 212 Å². The van der Waals surface area contributed by atoms with Gasteiger partial charge in [-0.25, -0.2) is 4.79 Å². The molecule has 1 aliphatic carbocycles. The monoisotopic (exact) mass is 501 g/mol. The van der Waals surface area contributed by atoms with Crippen LogP contribution in [0.5, 0.6) is 0 Å². The number of thiophene rings is 1. The minimum absolute atomic E-state index is 0.0194. The van der Waals surface area contributed by atoms with Crippen LogP contribution in [0.4, 0.5) is 4.79 Å². The smallest absolute Gasteiger partial charge is 0.444 e. The third kappa shape index (κ3) is 5.23. The van der Waals surface area contributed by atoms with E-state index in [0.717, 1.165) is 28.9 Å². The Morgan fingerprint density at radius 2 is 1.91 bits per heavy atom. The van der Waals surface area contributed by atoms with Crippen LogP contribution in [0.25, 0.3) is 0 Å². The minimum atomic E-state index is -0.702. The normalized spacial score (nSPS) is 27.5. The van der Waals surface area contributed by atoms with Crippen molar-refractivity contribution in [2.45, 2.75) is 109 Å². The summed E-state index contributed by atoms with van der Waals surface area (Å²) in [6.07, 6.45) is 2.51. The van der Waals surface area contributed by atoms with Crippen molar-refractivity contribution in [1.29, 1.82) is 5.26 Å². The molecule has 4 unspecified atom stereocenters. The van der Waals surface area contributed by atoms with Gasteiger partial charge in [0.05, 0.1) is 17.3 Å². The molecule has 3 fully saturated rings. The molecule has 3 heterocycles. The van der Waals surface area contributed by atoms with Gasteiger partial charge in [0.15, 0.2) is 0 Å². The second kappa shape index (κ2) is 9.09. The number of nitrogens with one attached hydrogen (secondary N) is 1. The molecule has 0 radical (unpaired) electrons. The second-order valence-corrected chi connectivity index (χ2v) is 13.0. The molecule has 1 saturated carbocycles. The summed E-state index contributed by atoms with van der Waals surface area (Å²) in [6, 6.07) is 4.84. The molecular formula is C25H36BN3O5S. The highest BCUT2D eigenvalue weighted by molar-refractivity contribution is 7.22. The summed E-state index contributed by atoms with van der Waals surface area (Å²) in [6.45, 7) is 13.5. The van der Waals surface area contributed by atoms with E-state index in [2.05, 4.69) is 11.4 Å². The summed E-state index contributed by atoms with van der Waals surface area (Å²) in [4.78, 5) is 28.7. The molecule has 3 aliphatic rings. The standard InChI is InChI=1S/C25H36BN3O5S/c1-23(2,3)32-22(31)29-17-9-8-15(12-17)20(29)21(30)28-16(14-27)13-18-10-11-19(35-18)26-33-24(4,5)25(6,7)34-26/h10-11,15-17,20H,8-9,12-13H2,1-7H3,(H,28,30). The van der Waals surface area contributed by atoms with Crippen LogP contribution in [0.3, 0.4) is 0 Å². The number of hydrogen-bond acceptors (Lipinski definition) is 7. The summed E-state index contributed by atoms with van der Waals surface area (Å²) in [5, 5.41) is 12.7. The Kier molecular flexibility index (Phi) is 6.75. The van der Waals surface area contributed by atoms with Crippen LogP contribution in [-0.4, -0.2) is 58.9 Å². The predicted octanol–water partition coefficient (Wildman–Crippen LogP) is 3.39. The number of carbonyl (C=O) groups is 2. The van der Waals surface area contributed by atoms with Crippen LogP contribution >= 0.6 is 11.3 Å². The zero-order valence-corrected chi connectivity index (χ0v) is 22.5. The third-order valence-corrected chi connectivity index (χ3v) is 8.63. The highest BCUT2D eigenvalue weighted by Crippen LogP contribution is 2.43. The van der Waals surface area contributed by atoms with E-state index in [1.165, 1.54) is 11.3 Å². The molecule has 10 heteroatoms. The molecule has 2 bridgehead atoms. The summed E-state index contributed by atoms with van der Waals surface area (Å²) in [5.74, 6) is -0.180. The second-order valence-electron chi connectivity index (χ2n) is 11.8. The fraction of sp³-hybridized carbons (Fsp3) is 0.720. The van der Waals surface area contributed by atoms with Crippen LogP contribution in [0, 0.1) is 17.2 Å². The molecule has 0 spiro atoms. The lowest BCUT2D eigenvalue weighted by molar-refractivity contribution is -0.128. The highest BCUT2D eigenvalue weighted by Gasteiger charge is 2.53. The molecule has 2 saturated heterocycles. The number of nitriles is 1. The van der Waals surface area contributed by atoms with Gasteiger partial charge < -0.3 is 19.4 Å². The van der Waals surface area contributed by atoms with E-state index in [-0.39, 0.29) is 17.9 Å². The van der Waals surface area contributed by atoms with Crippen LogP contribution in [0.2, 0.25) is 0 Å². The lowest BCUT2D eigenvalue weighted by Gasteiger charge is -2.35. The molecule has 2 amide bonds. The lowest BCUT2D eigenvalue weighted by atomic mass is 9.88. The first-order valence-electron chi connectivity index (χ1n) is 12.4. The maximum absolute atomic E-state index is 13.3. The first kappa shape index (κ1) is 26.0. The summed E-state index contributed by atoms with van der Waals surface area (Å²) in [7, 11) is -0.453.